The number of carbonyl (C=O) groups is 1. The van der Waals surface area contributed by atoms with E-state index in [0.29, 0.717) is 6.42 Å². The van der Waals surface area contributed by atoms with E-state index in [1.54, 1.807) is 6.08 Å². The van der Waals surface area contributed by atoms with Crippen LogP contribution in [-0.2, 0) is 9.53 Å². The average Bonchev–Trinajstić information content (AvgIpc) is 2.44. The van der Waals surface area contributed by atoms with Crippen LogP contribution in [0.2, 0.25) is 0 Å². The van der Waals surface area contributed by atoms with Crippen molar-refractivity contribution < 1.29 is 9.53 Å². The summed E-state index contributed by atoms with van der Waals surface area (Å²) in [6, 6.07) is 9.87. The molecule has 1 aromatic carbocycles. The fourth-order valence-corrected chi connectivity index (χ4v) is 1.66. The summed E-state index contributed by atoms with van der Waals surface area (Å²) in [6.45, 7) is 5.78. The SMILES string of the molecule is C#C[C@@H](C/C=C/C(=O)OC(C)(C)CC)c1ccccc1. The Balaban J connectivity index is 2.55. The predicted octanol–water partition coefficient (Wildman–Crippen LogP) is 4.08. The average molecular weight is 270 g/mol. The van der Waals surface area contributed by atoms with Crippen LogP contribution in [0.1, 0.15) is 45.1 Å². The van der Waals surface area contributed by atoms with E-state index >= 15 is 0 Å². The topological polar surface area (TPSA) is 26.3 Å². The molecule has 1 aromatic rings. The van der Waals surface area contributed by atoms with E-state index in [0.717, 1.165) is 12.0 Å². The van der Waals surface area contributed by atoms with Crippen molar-refractivity contribution in [3.63, 3.8) is 0 Å². The molecule has 1 atom stereocenters. The summed E-state index contributed by atoms with van der Waals surface area (Å²) in [5.41, 5.74) is 0.661. The molecule has 0 saturated heterocycles. The van der Waals surface area contributed by atoms with Crippen LogP contribution in [0.4, 0.5) is 0 Å². The molecule has 0 aliphatic carbocycles. The van der Waals surface area contributed by atoms with Crippen LogP contribution in [0.15, 0.2) is 42.5 Å². The number of hydrogen-bond donors (Lipinski definition) is 0. The van der Waals surface area contributed by atoms with Crippen LogP contribution < -0.4 is 0 Å². The minimum atomic E-state index is -0.424. The summed E-state index contributed by atoms with van der Waals surface area (Å²) in [5, 5.41) is 0. The minimum absolute atomic E-state index is 0.0144. The van der Waals surface area contributed by atoms with Gasteiger partial charge in [-0.1, -0.05) is 49.3 Å². The van der Waals surface area contributed by atoms with Gasteiger partial charge in [-0.25, -0.2) is 4.79 Å². The Morgan fingerprint density at radius 2 is 2.05 bits per heavy atom. The van der Waals surface area contributed by atoms with Gasteiger partial charge in [0.2, 0.25) is 0 Å². The lowest BCUT2D eigenvalue weighted by Gasteiger charge is -2.22. The molecular formula is C18H22O2. The number of terminal acetylenes is 1. The molecule has 2 heteroatoms. The predicted molar refractivity (Wildman–Crippen MR) is 82.2 cm³/mol. The minimum Gasteiger partial charge on any atom is -0.457 e. The first-order valence-corrected chi connectivity index (χ1v) is 6.89. The molecule has 0 unspecified atom stereocenters. The van der Waals surface area contributed by atoms with Gasteiger partial charge in [-0.3, -0.25) is 0 Å². The van der Waals surface area contributed by atoms with Gasteiger partial charge in [0.05, 0.1) is 0 Å². The molecule has 106 valence electrons. The number of allylic oxidation sites excluding steroid dienone is 1. The summed E-state index contributed by atoms with van der Waals surface area (Å²) in [5.74, 6) is 2.41. The number of carbonyl (C=O) groups excluding carboxylic acids is 1. The Bertz CT molecular complexity index is 492. The van der Waals surface area contributed by atoms with Crippen molar-refractivity contribution in [2.45, 2.75) is 45.1 Å². The molecule has 2 nitrogen and oxygen atoms in total. The highest BCUT2D eigenvalue weighted by Crippen LogP contribution is 2.19. The lowest BCUT2D eigenvalue weighted by Crippen LogP contribution is -2.25. The number of ether oxygens (including phenoxy) is 1. The highest BCUT2D eigenvalue weighted by Gasteiger charge is 2.18. The quantitative estimate of drug-likeness (QED) is 0.442. The molecule has 0 aliphatic heterocycles. The summed E-state index contributed by atoms with van der Waals surface area (Å²) in [4.78, 5) is 11.7. The Morgan fingerprint density at radius 1 is 1.40 bits per heavy atom. The van der Waals surface area contributed by atoms with E-state index in [1.807, 2.05) is 51.1 Å². The number of esters is 1. The van der Waals surface area contributed by atoms with Crippen molar-refractivity contribution in [1.82, 2.24) is 0 Å². The van der Waals surface area contributed by atoms with Gasteiger partial charge in [-0.05, 0) is 32.3 Å². The highest BCUT2D eigenvalue weighted by molar-refractivity contribution is 5.82. The Kier molecular flexibility index (Phi) is 6.06. The van der Waals surface area contributed by atoms with Crippen LogP contribution in [0.5, 0.6) is 0 Å². The molecule has 0 aliphatic rings. The van der Waals surface area contributed by atoms with Gasteiger partial charge in [-0.2, -0.15) is 0 Å². The van der Waals surface area contributed by atoms with Crippen molar-refractivity contribution in [1.29, 1.82) is 0 Å². The van der Waals surface area contributed by atoms with E-state index < -0.39 is 5.60 Å². The van der Waals surface area contributed by atoms with Crippen molar-refractivity contribution in [3.8, 4) is 12.3 Å². The van der Waals surface area contributed by atoms with Crippen molar-refractivity contribution in [2.24, 2.45) is 0 Å². The zero-order valence-corrected chi connectivity index (χ0v) is 12.4. The number of hydrogen-bond acceptors (Lipinski definition) is 2. The third-order valence-electron chi connectivity index (χ3n) is 3.26. The lowest BCUT2D eigenvalue weighted by atomic mass is 9.96. The molecule has 20 heavy (non-hydrogen) atoms. The molecule has 0 saturated carbocycles. The summed E-state index contributed by atoms with van der Waals surface area (Å²) < 4.78 is 5.33. The van der Waals surface area contributed by atoms with E-state index in [-0.39, 0.29) is 11.9 Å². The zero-order valence-electron chi connectivity index (χ0n) is 12.4. The lowest BCUT2D eigenvalue weighted by molar-refractivity contribution is -0.150. The van der Waals surface area contributed by atoms with Gasteiger partial charge >= 0.3 is 5.97 Å². The van der Waals surface area contributed by atoms with Crippen LogP contribution in [-0.4, -0.2) is 11.6 Å². The van der Waals surface area contributed by atoms with Gasteiger partial charge in [-0.15, -0.1) is 6.42 Å². The molecule has 0 aromatic heterocycles. The van der Waals surface area contributed by atoms with Crippen molar-refractivity contribution in [3.05, 3.63) is 48.0 Å². The molecule has 1 rings (SSSR count). The Hall–Kier alpha value is -2.01. The molecule has 0 spiro atoms. The smallest absolute Gasteiger partial charge is 0.330 e. The maximum Gasteiger partial charge on any atom is 0.330 e. The van der Waals surface area contributed by atoms with Gasteiger partial charge in [0, 0.05) is 12.0 Å². The van der Waals surface area contributed by atoms with Gasteiger partial charge in [0.25, 0.3) is 0 Å². The molecule has 0 bridgehead atoms. The third kappa shape index (κ3) is 5.32. The van der Waals surface area contributed by atoms with E-state index in [2.05, 4.69) is 5.92 Å². The van der Waals surface area contributed by atoms with Gasteiger partial charge < -0.3 is 4.74 Å². The summed E-state index contributed by atoms with van der Waals surface area (Å²) >= 11 is 0. The maximum absolute atomic E-state index is 11.7. The number of rotatable bonds is 6. The Labute approximate surface area is 121 Å². The van der Waals surface area contributed by atoms with Gasteiger partial charge in [0.1, 0.15) is 5.60 Å². The summed E-state index contributed by atoms with van der Waals surface area (Å²) in [7, 11) is 0. The standard InChI is InChI=1S/C18H22O2/c1-5-15(16-11-8-7-9-12-16)13-10-14-17(19)20-18(3,4)6-2/h1,7-12,14-15H,6,13H2,2-4H3/b14-10+/t15-/m0/s1. The van der Waals surface area contributed by atoms with E-state index in [9.17, 15) is 4.79 Å². The molecule has 0 fully saturated rings. The number of benzene rings is 1. The first kappa shape index (κ1) is 16.0. The van der Waals surface area contributed by atoms with Crippen LogP contribution in [0.3, 0.4) is 0 Å². The first-order valence-electron chi connectivity index (χ1n) is 6.89. The molecule has 0 N–H and O–H groups in total. The first-order chi connectivity index (χ1) is 9.48. The molecule has 0 amide bonds. The van der Waals surface area contributed by atoms with Crippen LogP contribution in [0.25, 0.3) is 0 Å². The second-order valence-electron chi connectivity index (χ2n) is 5.30. The van der Waals surface area contributed by atoms with Gasteiger partial charge in [0.15, 0.2) is 0 Å². The third-order valence-corrected chi connectivity index (χ3v) is 3.26. The normalized spacial score (nSPS) is 12.9. The second-order valence-corrected chi connectivity index (χ2v) is 5.30. The highest BCUT2D eigenvalue weighted by atomic mass is 16.6. The molecule has 0 heterocycles. The van der Waals surface area contributed by atoms with Crippen LogP contribution in [0, 0.1) is 12.3 Å². The van der Waals surface area contributed by atoms with E-state index in [1.165, 1.54) is 6.08 Å². The summed E-state index contributed by atoms with van der Waals surface area (Å²) in [6.07, 6.45) is 10.2. The largest absolute Gasteiger partial charge is 0.457 e. The fraction of sp³-hybridized carbons (Fsp3) is 0.389. The Morgan fingerprint density at radius 3 is 2.60 bits per heavy atom. The molecular weight excluding hydrogens is 248 g/mol. The monoisotopic (exact) mass is 270 g/mol. The van der Waals surface area contributed by atoms with Crippen LogP contribution >= 0.6 is 0 Å². The maximum atomic E-state index is 11.7. The molecule has 0 radical (unpaired) electrons. The van der Waals surface area contributed by atoms with E-state index in [4.69, 9.17) is 11.2 Å². The van der Waals surface area contributed by atoms with Crippen molar-refractivity contribution >= 4 is 5.97 Å². The second kappa shape index (κ2) is 7.55. The van der Waals surface area contributed by atoms with Crippen molar-refractivity contribution in [2.75, 3.05) is 0 Å². The fourth-order valence-electron chi connectivity index (χ4n) is 1.66. The zero-order chi connectivity index (χ0) is 15.0.